The second kappa shape index (κ2) is 9.30. The van der Waals surface area contributed by atoms with Crippen LogP contribution in [0.5, 0.6) is 23.0 Å². The molecule has 8 nitrogen and oxygen atoms in total. The minimum Gasteiger partial charge on any atom is -0.507 e. The molecule has 8 heteroatoms. The molecule has 0 unspecified atom stereocenters. The van der Waals surface area contributed by atoms with Gasteiger partial charge in [-0.25, -0.2) is 0 Å². The Bertz CT molecular complexity index is 1150. The van der Waals surface area contributed by atoms with Crippen LogP contribution < -0.4 is 15.4 Å². The third-order valence-electron chi connectivity index (χ3n) is 4.50. The maximum Gasteiger partial charge on any atom is 0.263 e. The van der Waals surface area contributed by atoms with Gasteiger partial charge in [-0.15, -0.1) is 0 Å². The molecular weight excluding hydrogens is 412 g/mol. The third-order valence-corrected chi connectivity index (χ3v) is 4.50. The van der Waals surface area contributed by atoms with Gasteiger partial charge in [0.15, 0.2) is 0 Å². The summed E-state index contributed by atoms with van der Waals surface area (Å²) in [6, 6.07) is 13.3. The number of ether oxygens (including phenoxy) is 1. The second-order valence-electron chi connectivity index (χ2n) is 7.48. The summed E-state index contributed by atoms with van der Waals surface area (Å²) in [7, 11) is 0. The van der Waals surface area contributed by atoms with Crippen molar-refractivity contribution in [2.45, 2.75) is 26.9 Å². The summed E-state index contributed by atoms with van der Waals surface area (Å²) in [4.78, 5) is 25.1. The number of hydrogen-bond acceptors (Lipinski definition) is 6. The summed E-state index contributed by atoms with van der Waals surface area (Å²) in [5, 5.41) is 35.2. The van der Waals surface area contributed by atoms with Crippen molar-refractivity contribution < 1.29 is 29.6 Å². The molecule has 0 aliphatic heterocycles. The molecule has 3 aromatic rings. The number of aromatic hydroxyl groups is 3. The molecule has 0 heterocycles. The van der Waals surface area contributed by atoms with Gasteiger partial charge in [0.25, 0.3) is 11.8 Å². The highest BCUT2D eigenvalue weighted by Crippen LogP contribution is 2.30. The van der Waals surface area contributed by atoms with Crippen LogP contribution in [0.2, 0.25) is 0 Å². The Morgan fingerprint density at radius 2 is 1.53 bits per heavy atom. The number of phenols is 3. The van der Waals surface area contributed by atoms with Gasteiger partial charge in [0.2, 0.25) is 0 Å². The van der Waals surface area contributed by atoms with Crippen molar-refractivity contribution in [2.24, 2.45) is 0 Å². The van der Waals surface area contributed by atoms with E-state index in [9.17, 15) is 24.9 Å². The molecule has 0 aliphatic carbocycles. The Kier molecular flexibility index (Phi) is 6.53. The number of carbonyl (C=O) groups is 2. The molecule has 3 aromatic carbocycles. The Balaban J connectivity index is 1.78. The van der Waals surface area contributed by atoms with Crippen molar-refractivity contribution in [2.75, 3.05) is 10.6 Å². The molecule has 5 N–H and O–H groups in total. The van der Waals surface area contributed by atoms with Crippen molar-refractivity contribution in [3.8, 4) is 23.0 Å². The van der Waals surface area contributed by atoms with E-state index in [1.54, 1.807) is 6.07 Å². The quantitative estimate of drug-likeness (QED) is 0.390. The molecule has 3 rings (SSSR count). The second-order valence-corrected chi connectivity index (χ2v) is 7.48. The molecule has 0 saturated carbocycles. The number of hydrogen-bond donors (Lipinski definition) is 5. The van der Waals surface area contributed by atoms with Crippen LogP contribution in [-0.4, -0.2) is 33.2 Å². The molecule has 0 aliphatic rings. The van der Waals surface area contributed by atoms with E-state index >= 15 is 0 Å². The van der Waals surface area contributed by atoms with Crippen molar-refractivity contribution in [3.05, 3.63) is 71.3 Å². The number of nitrogens with one attached hydrogen (secondary N) is 2. The highest BCUT2D eigenvalue weighted by atomic mass is 16.5. The average molecular weight is 436 g/mol. The Morgan fingerprint density at radius 1 is 0.844 bits per heavy atom. The number of amides is 2. The number of carbonyl (C=O) groups excluding carboxylic acids is 2. The molecule has 0 bridgehead atoms. The van der Waals surface area contributed by atoms with Gasteiger partial charge in [0, 0.05) is 11.8 Å². The normalized spacial score (nSPS) is 10.6. The first-order chi connectivity index (χ1) is 15.2. The summed E-state index contributed by atoms with van der Waals surface area (Å²) in [6.45, 7) is 5.66. The third kappa shape index (κ3) is 5.10. The standard InChI is InChI=1S/C24H24N2O6/c1-13(2)32-21-11-14(3)7-10-17(21)26-23(30)16-9-8-15(12-20(16)29)25-24(31)22-18(27)5-4-6-19(22)28/h4-13,27-29H,1-3H3,(H,25,31)(H,26,30). The lowest BCUT2D eigenvalue weighted by Gasteiger charge is -2.16. The van der Waals surface area contributed by atoms with E-state index in [0.717, 1.165) is 5.56 Å². The monoisotopic (exact) mass is 436 g/mol. The first-order valence-electron chi connectivity index (χ1n) is 9.89. The summed E-state index contributed by atoms with van der Waals surface area (Å²) in [5.41, 5.74) is 1.29. The molecule has 0 aromatic heterocycles. The fourth-order valence-corrected chi connectivity index (χ4v) is 3.03. The Morgan fingerprint density at radius 3 is 2.16 bits per heavy atom. The number of rotatable bonds is 6. The SMILES string of the molecule is Cc1ccc(NC(=O)c2ccc(NC(=O)c3c(O)cccc3O)cc2O)c(OC(C)C)c1. The van der Waals surface area contributed by atoms with E-state index < -0.39 is 11.8 Å². The fraction of sp³-hybridized carbons (Fsp3) is 0.167. The summed E-state index contributed by atoms with van der Waals surface area (Å²) in [5.74, 6) is -1.96. The van der Waals surface area contributed by atoms with E-state index in [1.165, 1.54) is 36.4 Å². The molecule has 0 atom stereocenters. The predicted octanol–water partition coefficient (Wildman–Crippen LogP) is 4.40. The molecule has 0 radical (unpaired) electrons. The summed E-state index contributed by atoms with van der Waals surface area (Å²) >= 11 is 0. The highest BCUT2D eigenvalue weighted by Gasteiger charge is 2.18. The van der Waals surface area contributed by atoms with Gasteiger partial charge in [-0.3, -0.25) is 9.59 Å². The molecular formula is C24H24N2O6. The summed E-state index contributed by atoms with van der Waals surface area (Å²) < 4.78 is 5.75. The smallest absolute Gasteiger partial charge is 0.263 e. The predicted molar refractivity (Wildman–Crippen MR) is 121 cm³/mol. The van der Waals surface area contributed by atoms with E-state index in [0.29, 0.717) is 11.4 Å². The summed E-state index contributed by atoms with van der Waals surface area (Å²) in [6.07, 6.45) is -0.0905. The van der Waals surface area contributed by atoms with E-state index in [4.69, 9.17) is 4.74 Å². The highest BCUT2D eigenvalue weighted by molar-refractivity contribution is 6.09. The van der Waals surface area contributed by atoms with Gasteiger partial charge < -0.3 is 30.7 Å². The van der Waals surface area contributed by atoms with Gasteiger partial charge in [0.1, 0.15) is 28.6 Å². The van der Waals surface area contributed by atoms with Gasteiger partial charge in [-0.05, 0) is 62.7 Å². The maximum atomic E-state index is 12.7. The number of anilines is 2. The molecule has 2 amide bonds. The Labute approximate surface area is 185 Å². The van der Waals surface area contributed by atoms with Crippen LogP contribution in [0.1, 0.15) is 40.1 Å². The van der Waals surface area contributed by atoms with Crippen molar-refractivity contribution in [3.63, 3.8) is 0 Å². The van der Waals surface area contributed by atoms with Crippen LogP contribution >= 0.6 is 0 Å². The largest absolute Gasteiger partial charge is 0.507 e. The van der Waals surface area contributed by atoms with Crippen molar-refractivity contribution in [1.82, 2.24) is 0 Å². The van der Waals surface area contributed by atoms with E-state index in [1.807, 2.05) is 32.9 Å². The molecule has 0 fully saturated rings. The maximum absolute atomic E-state index is 12.7. The lowest BCUT2D eigenvalue weighted by Crippen LogP contribution is -2.15. The average Bonchev–Trinajstić information content (AvgIpc) is 2.69. The van der Waals surface area contributed by atoms with Crippen LogP contribution in [0.25, 0.3) is 0 Å². The topological polar surface area (TPSA) is 128 Å². The van der Waals surface area contributed by atoms with Gasteiger partial charge >= 0.3 is 0 Å². The van der Waals surface area contributed by atoms with Crippen LogP contribution in [0.15, 0.2) is 54.6 Å². The lowest BCUT2D eigenvalue weighted by atomic mass is 10.1. The number of phenolic OH excluding ortho intramolecular Hbond substituents is 3. The lowest BCUT2D eigenvalue weighted by molar-refractivity contribution is 0.101. The minimum atomic E-state index is -0.771. The molecule has 166 valence electrons. The van der Waals surface area contributed by atoms with Crippen LogP contribution in [0.3, 0.4) is 0 Å². The number of aryl methyl sites for hydroxylation is 1. The number of benzene rings is 3. The van der Waals surface area contributed by atoms with Crippen LogP contribution in [0.4, 0.5) is 11.4 Å². The Hall–Kier alpha value is -4.20. The zero-order valence-electron chi connectivity index (χ0n) is 17.8. The fourth-order valence-electron chi connectivity index (χ4n) is 3.03. The van der Waals surface area contributed by atoms with E-state index in [-0.39, 0.29) is 40.2 Å². The van der Waals surface area contributed by atoms with E-state index in [2.05, 4.69) is 10.6 Å². The first kappa shape index (κ1) is 22.5. The van der Waals surface area contributed by atoms with Crippen LogP contribution in [-0.2, 0) is 0 Å². The zero-order valence-corrected chi connectivity index (χ0v) is 17.8. The van der Waals surface area contributed by atoms with Gasteiger partial charge in [-0.1, -0.05) is 12.1 Å². The molecule has 32 heavy (non-hydrogen) atoms. The first-order valence-corrected chi connectivity index (χ1v) is 9.89. The van der Waals surface area contributed by atoms with Gasteiger partial charge in [-0.2, -0.15) is 0 Å². The minimum absolute atomic E-state index is 0.00974. The molecule has 0 spiro atoms. The van der Waals surface area contributed by atoms with Crippen molar-refractivity contribution in [1.29, 1.82) is 0 Å². The van der Waals surface area contributed by atoms with Crippen LogP contribution in [0, 0.1) is 6.92 Å². The zero-order chi connectivity index (χ0) is 23.4. The molecule has 0 saturated heterocycles. The van der Waals surface area contributed by atoms with Gasteiger partial charge in [0.05, 0.1) is 17.4 Å². The van der Waals surface area contributed by atoms with Crippen molar-refractivity contribution >= 4 is 23.2 Å².